The first kappa shape index (κ1) is 11.9. The summed E-state index contributed by atoms with van der Waals surface area (Å²) in [6.07, 6.45) is 3.68. The van der Waals surface area contributed by atoms with Crippen LogP contribution in [0.5, 0.6) is 0 Å². The van der Waals surface area contributed by atoms with Crippen LogP contribution < -0.4 is 16.2 Å². The molecule has 1 unspecified atom stereocenters. The van der Waals surface area contributed by atoms with Crippen LogP contribution in [0, 0.1) is 0 Å². The van der Waals surface area contributed by atoms with E-state index in [-0.39, 0.29) is 11.2 Å². The zero-order chi connectivity index (χ0) is 12.4. The summed E-state index contributed by atoms with van der Waals surface area (Å²) in [5.41, 5.74) is 5.73. The van der Waals surface area contributed by atoms with Crippen LogP contribution in [0.3, 0.4) is 0 Å². The van der Waals surface area contributed by atoms with Crippen molar-refractivity contribution < 1.29 is 0 Å². The Morgan fingerprint density at radius 2 is 2.35 bits per heavy atom. The number of likely N-dealkylation sites (N-methyl/N-ethyl adjacent to an activating group) is 1. The van der Waals surface area contributed by atoms with E-state index in [4.69, 9.17) is 5.73 Å². The topological polar surface area (TPSA) is 78.2 Å². The minimum Gasteiger partial charge on any atom is -0.391 e. The summed E-state index contributed by atoms with van der Waals surface area (Å²) in [6.45, 7) is 1.78. The third-order valence-corrected chi connectivity index (χ3v) is 3.29. The van der Waals surface area contributed by atoms with Crippen LogP contribution in [0.25, 0.3) is 0 Å². The molecule has 0 radical (unpaired) electrons. The second-order valence-corrected chi connectivity index (χ2v) is 4.67. The number of H-pyrrole nitrogens is 1. The number of hydrogen-bond acceptors (Lipinski definition) is 5. The molecule has 1 fully saturated rings. The maximum Gasteiger partial charge on any atom is 0.276 e. The van der Waals surface area contributed by atoms with Gasteiger partial charge in [-0.15, -0.1) is 0 Å². The van der Waals surface area contributed by atoms with Crippen LogP contribution in [0.15, 0.2) is 11.1 Å². The van der Waals surface area contributed by atoms with E-state index in [2.05, 4.69) is 33.9 Å². The zero-order valence-corrected chi connectivity index (χ0v) is 10.3. The molecule has 0 aliphatic carbocycles. The summed E-state index contributed by atoms with van der Waals surface area (Å²) in [4.78, 5) is 22.4. The number of aromatic amines is 1. The molecule has 1 aromatic rings. The quantitative estimate of drug-likeness (QED) is 0.750. The highest BCUT2D eigenvalue weighted by atomic mass is 16.1. The van der Waals surface area contributed by atoms with Crippen molar-refractivity contribution in [2.75, 3.05) is 37.8 Å². The summed E-state index contributed by atoms with van der Waals surface area (Å²) in [5, 5.41) is 0. The number of aromatic nitrogens is 2. The van der Waals surface area contributed by atoms with Crippen LogP contribution in [-0.2, 0) is 0 Å². The Morgan fingerprint density at radius 1 is 1.59 bits per heavy atom. The lowest BCUT2D eigenvalue weighted by Crippen LogP contribution is -2.46. The van der Waals surface area contributed by atoms with E-state index in [9.17, 15) is 4.79 Å². The van der Waals surface area contributed by atoms with Crippen LogP contribution in [0.2, 0.25) is 0 Å². The summed E-state index contributed by atoms with van der Waals surface area (Å²) in [5.74, 6) is 0.611. The predicted octanol–water partition coefficient (Wildman–Crippen LogP) is -0.117. The van der Waals surface area contributed by atoms with Gasteiger partial charge in [0.25, 0.3) is 5.56 Å². The number of anilines is 2. The summed E-state index contributed by atoms with van der Waals surface area (Å²) >= 11 is 0. The van der Waals surface area contributed by atoms with E-state index in [1.54, 1.807) is 0 Å². The Bertz CT molecular complexity index is 442. The summed E-state index contributed by atoms with van der Waals surface area (Å²) in [6, 6.07) is 0.490. The van der Waals surface area contributed by atoms with E-state index in [1.165, 1.54) is 12.7 Å². The minimum atomic E-state index is -0.262. The highest BCUT2D eigenvalue weighted by Gasteiger charge is 2.24. The largest absolute Gasteiger partial charge is 0.391 e. The highest BCUT2D eigenvalue weighted by Crippen LogP contribution is 2.22. The molecule has 0 saturated carbocycles. The smallest absolute Gasteiger partial charge is 0.276 e. The second-order valence-electron chi connectivity index (χ2n) is 4.67. The SMILES string of the molecule is CN(C)C1CCCN(c2nc[nH]c(=O)c2N)C1. The number of hydrogen-bond donors (Lipinski definition) is 2. The van der Waals surface area contributed by atoms with Crippen molar-refractivity contribution in [2.24, 2.45) is 0 Å². The molecule has 0 bridgehead atoms. The predicted molar refractivity (Wildman–Crippen MR) is 68.2 cm³/mol. The van der Waals surface area contributed by atoms with Crippen molar-refractivity contribution in [3.8, 4) is 0 Å². The Morgan fingerprint density at radius 3 is 3.06 bits per heavy atom. The highest BCUT2D eigenvalue weighted by molar-refractivity contribution is 5.61. The molecule has 0 aromatic carbocycles. The lowest BCUT2D eigenvalue weighted by atomic mass is 10.0. The summed E-state index contributed by atoms with van der Waals surface area (Å²) in [7, 11) is 4.14. The molecule has 94 valence electrons. The molecule has 6 nitrogen and oxygen atoms in total. The third kappa shape index (κ3) is 2.41. The number of nitrogens with one attached hydrogen (secondary N) is 1. The Kier molecular flexibility index (Phi) is 3.33. The third-order valence-electron chi connectivity index (χ3n) is 3.29. The van der Waals surface area contributed by atoms with Crippen molar-refractivity contribution in [1.82, 2.24) is 14.9 Å². The van der Waals surface area contributed by atoms with Crippen molar-refractivity contribution in [2.45, 2.75) is 18.9 Å². The summed E-state index contributed by atoms with van der Waals surface area (Å²) < 4.78 is 0. The van der Waals surface area contributed by atoms with Crippen molar-refractivity contribution in [3.05, 3.63) is 16.7 Å². The molecule has 2 rings (SSSR count). The van der Waals surface area contributed by atoms with Gasteiger partial charge in [0.2, 0.25) is 0 Å². The van der Waals surface area contributed by atoms with Crippen LogP contribution in [-0.4, -0.2) is 48.1 Å². The van der Waals surface area contributed by atoms with Gasteiger partial charge < -0.3 is 20.5 Å². The molecular weight excluding hydrogens is 218 g/mol. The lowest BCUT2D eigenvalue weighted by molar-refractivity contribution is 0.257. The molecule has 1 atom stereocenters. The van der Waals surface area contributed by atoms with Gasteiger partial charge in [-0.05, 0) is 26.9 Å². The molecule has 2 heterocycles. The van der Waals surface area contributed by atoms with E-state index < -0.39 is 0 Å². The maximum atomic E-state index is 11.4. The number of nitrogens with zero attached hydrogens (tertiary/aromatic N) is 3. The van der Waals surface area contributed by atoms with Crippen LogP contribution >= 0.6 is 0 Å². The number of rotatable bonds is 2. The first-order valence-electron chi connectivity index (χ1n) is 5.84. The zero-order valence-electron chi connectivity index (χ0n) is 10.3. The van der Waals surface area contributed by atoms with Crippen LogP contribution in [0.4, 0.5) is 11.5 Å². The Hall–Kier alpha value is -1.56. The van der Waals surface area contributed by atoms with Crippen molar-refractivity contribution >= 4 is 11.5 Å². The van der Waals surface area contributed by atoms with E-state index >= 15 is 0 Å². The molecule has 1 saturated heterocycles. The van der Waals surface area contributed by atoms with Gasteiger partial charge in [-0.2, -0.15) is 0 Å². The monoisotopic (exact) mass is 237 g/mol. The van der Waals surface area contributed by atoms with E-state index in [0.29, 0.717) is 11.9 Å². The molecule has 1 aliphatic heterocycles. The van der Waals surface area contributed by atoms with Gasteiger partial charge in [-0.1, -0.05) is 0 Å². The van der Waals surface area contributed by atoms with Gasteiger partial charge in [0.1, 0.15) is 5.69 Å². The average molecular weight is 237 g/mol. The molecule has 3 N–H and O–H groups in total. The van der Waals surface area contributed by atoms with Gasteiger partial charge in [0, 0.05) is 19.1 Å². The first-order chi connectivity index (χ1) is 8.09. The van der Waals surface area contributed by atoms with Crippen LogP contribution in [0.1, 0.15) is 12.8 Å². The van der Waals surface area contributed by atoms with Gasteiger partial charge in [-0.25, -0.2) is 4.98 Å². The fourth-order valence-electron chi connectivity index (χ4n) is 2.22. The standard InChI is InChI=1S/C11H19N5O/c1-15(2)8-4-3-5-16(6-8)10-9(12)11(17)14-7-13-10/h7-8H,3-6,12H2,1-2H3,(H,13,14,17). The molecule has 1 aliphatic rings. The molecule has 0 amide bonds. The van der Waals surface area contributed by atoms with E-state index in [1.807, 2.05) is 0 Å². The van der Waals surface area contributed by atoms with E-state index in [0.717, 1.165) is 19.5 Å². The van der Waals surface area contributed by atoms with Gasteiger partial charge in [-0.3, -0.25) is 4.79 Å². The minimum absolute atomic E-state index is 0.215. The first-order valence-corrected chi connectivity index (χ1v) is 5.84. The maximum absolute atomic E-state index is 11.4. The van der Waals surface area contributed by atoms with Gasteiger partial charge in [0.05, 0.1) is 6.33 Å². The number of nitrogens with two attached hydrogens (primary N) is 1. The van der Waals surface area contributed by atoms with Crippen molar-refractivity contribution in [3.63, 3.8) is 0 Å². The fourth-order valence-corrected chi connectivity index (χ4v) is 2.22. The second kappa shape index (κ2) is 4.75. The molecule has 1 aromatic heterocycles. The molecular formula is C11H19N5O. The van der Waals surface area contributed by atoms with Gasteiger partial charge in [0.15, 0.2) is 5.82 Å². The molecule has 17 heavy (non-hydrogen) atoms. The Balaban J connectivity index is 2.22. The fraction of sp³-hybridized carbons (Fsp3) is 0.636. The normalized spacial score (nSPS) is 20.9. The lowest BCUT2D eigenvalue weighted by Gasteiger charge is -2.36. The van der Waals surface area contributed by atoms with Gasteiger partial charge >= 0.3 is 0 Å². The molecule has 0 spiro atoms. The number of nitrogen functional groups attached to an aromatic ring is 1. The Labute approximate surface area is 100 Å². The van der Waals surface area contributed by atoms with Crippen molar-refractivity contribution in [1.29, 1.82) is 0 Å². The average Bonchev–Trinajstić information content (AvgIpc) is 2.33. The number of piperidine rings is 1. The molecule has 6 heteroatoms.